The SMILES string of the molecule is COc1cc(C(F)(F)F)cc(Br)c1CC1CCCNC1. The lowest BCUT2D eigenvalue weighted by Gasteiger charge is -2.24. The van der Waals surface area contributed by atoms with Crippen LogP contribution in [-0.2, 0) is 12.6 Å². The van der Waals surface area contributed by atoms with Crippen molar-refractivity contribution < 1.29 is 17.9 Å². The van der Waals surface area contributed by atoms with E-state index in [0.29, 0.717) is 16.1 Å². The van der Waals surface area contributed by atoms with Crippen molar-refractivity contribution in [2.24, 2.45) is 5.92 Å². The van der Waals surface area contributed by atoms with Crippen LogP contribution in [0.5, 0.6) is 5.75 Å². The van der Waals surface area contributed by atoms with Crippen molar-refractivity contribution in [3.8, 4) is 5.75 Å². The van der Waals surface area contributed by atoms with E-state index in [2.05, 4.69) is 21.2 Å². The summed E-state index contributed by atoms with van der Waals surface area (Å²) in [4.78, 5) is 0. The number of rotatable bonds is 3. The minimum Gasteiger partial charge on any atom is -0.496 e. The van der Waals surface area contributed by atoms with Crippen molar-refractivity contribution in [2.45, 2.75) is 25.4 Å². The maximum absolute atomic E-state index is 12.8. The summed E-state index contributed by atoms with van der Waals surface area (Å²) in [6.45, 7) is 1.92. The Hall–Kier alpha value is -0.750. The van der Waals surface area contributed by atoms with Gasteiger partial charge in [0.15, 0.2) is 0 Å². The van der Waals surface area contributed by atoms with Gasteiger partial charge in [0, 0.05) is 10.0 Å². The third-order valence-corrected chi connectivity index (χ3v) is 4.30. The monoisotopic (exact) mass is 351 g/mol. The van der Waals surface area contributed by atoms with E-state index >= 15 is 0 Å². The first-order chi connectivity index (χ1) is 9.41. The molecule has 0 saturated carbocycles. The van der Waals surface area contributed by atoms with Crippen molar-refractivity contribution in [3.05, 3.63) is 27.7 Å². The van der Waals surface area contributed by atoms with Gasteiger partial charge in [-0.05, 0) is 50.4 Å². The molecule has 1 aromatic rings. The quantitative estimate of drug-likeness (QED) is 0.887. The Kier molecular flexibility index (Phi) is 4.96. The zero-order valence-electron chi connectivity index (χ0n) is 11.2. The molecule has 0 bridgehead atoms. The first kappa shape index (κ1) is 15.6. The number of hydrogen-bond acceptors (Lipinski definition) is 2. The van der Waals surface area contributed by atoms with Crippen LogP contribution in [0.1, 0.15) is 24.0 Å². The molecule has 0 spiro atoms. The molecule has 20 heavy (non-hydrogen) atoms. The van der Waals surface area contributed by atoms with Crippen LogP contribution in [0.4, 0.5) is 13.2 Å². The highest BCUT2D eigenvalue weighted by atomic mass is 79.9. The third kappa shape index (κ3) is 3.67. The lowest BCUT2D eigenvalue weighted by atomic mass is 9.91. The maximum Gasteiger partial charge on any atom is 0.416 e. The number of alkyl halides is 3. The number of halogens is 4. The summed E-state index contributed by atoms with van der Waals surface area (Å²) in [6, 6.07) is 2.21. The molecule has 0 radical (unpaired) electrons. The van der Waals surface area contributed by atoms with Gasteiger partial charge in [-0.2, -0.15) is 13.2 Å². The van der Waals surface area contributed by atoms with Gasteiger partial charge in [-0.1, -0.05) is 15.9 Å². The summed E-state index contributed by atoms with van der Waals surface area (Å²) >= 11 is 3.26. The molecule has 2 nitrogen and oxygen atoms in total. The van der Waals surface area contributed by atoms with Crippen molar-refractivity contribution >= 4 is 15.9 Å². The summed E-state index contributed by atoms with van der Waals surface area (Å²) in [6.07, 6.45) is -1.45. The Balaban J connectivity index is 2.27. The van der Waals surface area contributed by atoms with E-state index in [1.54, 1.807) is 0 Å². The molecule has 112 valence electrons. The largest absolute Gasteiger partial charge is 0.496 e. The summed E-state index contributed by atoms with van der Waals surface area (Å²) in [5.74, 6) is 0.739. The molecule has 0 amide bonds. The van der Waals surface area contributed by atoms with Gasteiger partial charge in [0.05, 0.1) is 12.7 Å². The molecular weight excluding hydrogens is 335 g/mol. The number of methoxy groups -OCH3 is 1. The van der Waals surface area contributed by atoms with Gasteiger partial charge < -0.3 is 10.1 Å². The molecule has 0 aliphatic carbocycles. The minimum atomic E-state index is -4.36. The zero-order chi connectivity index (χ0) is 14.8. The molecule has 1 aromatic carbocycles. The first-order valence-corrected chi connectivity index (χ1v) is 7.35. The Morgan fingerprint density at radius 2 is 2.15 bits per heavy atom. The topological polar surface area (TPSA) is 21.3 Å². The molecule has 1 atom stereocenters. The van der Waals surface area contributed by atoms with Crippen molar-refractivity contribution in [1.82, 2.24) is 5.32 Å². The molecule has 6 heteroatoms. The molecule has 0 aromatic heterocycles. The highest BCUT2D eigenvalue weighted by Gasteiger charge is 2.32. The van der Waals surface area contributed by atoms with Crippen LogP contribution in [0.25, 0.3) is 0 Å². The Labute approximate surface area is 124 Å². The molecule has 1 saturated heterocycles. The van der Waals surface area contributed by atoms with E-state index in [1.807, 2.05) is 0 Å². The van der Waals surface area contributed by atoms with Crippen LogP contribution in [0.15, 0.2) is 16.6 Å². The van der Waals surface area contributed by atoms with Crippen LogP contribution in [0, 0.1) is 5.92 Å². The standard InChI is InChI=1S/C14H17BrF3NO/c1-20-13-7-10(14(16,17)18)6-12(15)11(13)5-9-3-2-4-19-8-9/h6-7,9,19H,2-5,8H2,1H3. The normalized spacial score (nSPS) is 19.9. The number of ether oxygens (including phenoxy) is 1. The van der Waals surface area contributed by atoms with Crippen LogP contribution in [0.3, 0.4) is 0 Å². The second kappa shape index (κ2) is 6.35. The Morgan fingerprint density at radius 3 is 2.70 bits per heavy atom. The third-order valence-electron chi connectivity index (χ3n) is 3.59. The lowest BCUT2D eigenvalue weighted by molar-refractivity contribution is -0.137. The number of nitrogens with one attached hydrogen (secondary N) is 1. The predicted molar refractivity (Wildman–Crippen MR) is 75.0 cm³/mol. The van der Waals surface area contributed by atoms with E-state index in [-0.39, 0.29) is 0 Å². The second-order valence-corrected chi connectivity index (χ2v) is 5.91. The average molecular weight is 352 g/mol. The summed E-state index contributed by atoms with van der Waals surface area (Å²) in [5, 5.41) is 3.31. The molecule has 1 fully saturated rings. The molecule has 1 N–H and O–H groups in total. The number of hydrogen-bond donors (Lipinski definition) is 1. The maximum atomic E-state index is 12.8. The van der Waals surface area contributed by atoms with Crippen molar-refractivity contribution in [1.29, 1.82) is 0 Å². The predicted octanol–water partition coefficient (Wildman–Crippen LogP) is 4.02. The van der Waals surface area contributed by atoms with Gasteiger partial charge in [-0.3, -0.25) is 0 Å². The first-order valence-electron chi connectivity index (χ1n) is 6.56. The summed E-state index contributed by atoms with van der Waals surface area (Å²) in [5.41, 5.74) is 0.126. The van der Waals surface area contributed by atoms with Crippen LogP contribution in [0.2, 0.25) is 0 Å². The Morgan fingerprint density at radius 1 is 1.40 bits per heavy atom. The highest BCUT2D eigenvalue weighted by molar-refractivity contribution is 9.10. The fourth-order valence-electron chi connectivity index (χ4n) is 2.54. The summed E-state index contributed by atoms with van der Waals surface area (Å²) < 4.78 is 44.0. The van der Waals surface area contributed by atoms with E-state index in [9.17, 15) is 13.2 Å². The lowest BCUT2D eigenvalue weighted by Crippen LogP contribution is -2.31. The van der Waals surface area contributed by atoms with Gasteiger partial charge >= 0.3 is 6.18 Å². The number of piperidine rings is 1. The van der Waals surface area contributed by atoms with E-state index in [1.165, 1.54) is 7.11 Å². The average Bonchev–Trinajstić information content (AvgIpc) is 2.40. The van der Waals surface area contributed by atoms with Crippen molar-refractivity contribution in [2.75, 3.05) is 20.2 Å². The fraction of sp³-hybridized carbons (Fsp3) is 0.571. The van der Waals surface area contributed by atoms with Gasteiger partial charge in [0.2, 0.25) is 0 Å². The van der Waals surface area contributed by atoms with E-state index in [0.717, 1.165) is 50.0 Å². The molecule has 1 aliphatic heterocycles. The van der Waals surface area contributed by atoms with Crippen molar-refractivity contribution in [3.63, 3.8) is 0 Å². The molecule has 1 unspecified atom stereocenters. The minimum absolute atomic E-state index is 0.303. The van der Waals surface area contributed by atoms with E-state index < -0.39 is 11.7 Å². The summed E-state index contributed by atoms with van der Waals surface area (Å²) in [7, 11) is 1.41. The fourth-order valence-corrected chi connectivity index (χ4v) is 3.15. The smallest absolute Gasteiger partial charge is 0.416 e. The molecule has 2 rings (SSSR count). The molecule has 1 heterocycles. The zero-order valence-corrected chi connectivity index (χ0v) is 12.8. The molecular formula is C14H17BrF3NO. The van der Waals surface area contributed by atoms with Gasteiger partial charge in [0.1, 0.15) is 5.75 Å². The Bertz CT molecular complexity index is 470. The molecule has 1 aliphatic rings. The van der Waals surface area contributed by atoms with Gasteiger partial charge in [0.25, 0.3) is 0 Å². The van der Waals surface area contributed by atoms with E-state index in [4.69, 9.17) is 4.74 Å². The van der Waals surface area contributed by atoms with Gasteiger partial charge in [-0.25, -0.2) is 0 Å². The van der Waals surface area contributed by atoms with Crippen LogP contribution < -0.4 is 10.1 Å². The van der Waals surface area contributed by atoms with Gasteiger partial charge in [-0.15, -0.1) is 0 Å². The highest BCUT2D eigenvalue weighted by Crippen LogP contribution is 2.38. The number of benzene rings is 1. The van der Waals surface area contributed by atoms with Crippen LogP contribution in [-0.4, -0.2) is 20.2 Å². The van der Waals surface area contributed by atoms with Crippen LogP contribution >= 0.6 is 15.9 Å². The second-order valence-electron chi connectivity index (χ2n) is 5.05.